The highest BCUT2D eigenvalue weighted by Crippen LogP contribution is 2.25. The lowest BCUT2D eigenvalue weighted by molar-refractivity contribution is -0.131. The third-order valence-corrected chi connectivity index (χ3v) is 2.13. The van der Waals surface area contributed by atoms with E-state index in [1.165, 1.54) is 6.08 Å². The summed E-state index contributed by atoms with van der Waals surface area (Å²) >= 11 is 0. The summed E-state index contributed by atoms with van der Waals surface area (Å²) in [5.41, 5.74) is 0.633. The highest BCUT2D eigenvalue weighted by molar-refractivity contribution is 5.86. The van der Waals surface area contributed by atoms with Gasteiger partial charge in [0.15, 0.2) is 0 Å². The molecule has 0 unspecified atom stereocenters. The molecule has 0 aromatic heterocycles. The standard InChI is InChI=1S/C14H14O4/c1-3-4-9-18-13-7-6-12(17-2)10-11(13)5-8-14(15)16/h1,5-8,10H,4,9H2,2H3,(H,15,16)/b8-5+. The van der Waals surface area contributed by atoms with E-state index < -0.39 is 5.97 Å². The first-order valence-electron chi connectivity index (χ1n) is 5.32. The van der Waals surface area contributed by atoms with Gasteiger partial charge >= 0.3 is 5.97 Å². The van der Waals surface area contributed by atoms with Crippen molar-refractivity contribution in [3.05, 3.63) is 29.8 Å². The second kappa shape index (κ2) is 7.02. The molecule has 4 heteroatoms. The highest BCUT2D eigenvalue weighted by atomic mass is 16.5. The molecule has 18 heavy (non-hydrogen) atoms. The number of aliphatic carboxylic acids is 1. The lowest BCUT2D eigenvalue weighted by atomic mass is 10.1. The van der Waals surface area contributed by atoms with E-state index in [-0.39, 0.29) is 0 Å². The second-order valence-electron chi connectivity index (χ2n) is 3.38. The molecule has 0 bridgehead atoms. The maximum absolute atomic E-state index is 10.5. The Balaban J connectivity index is 2.93. The van der Waals surface area contributed by atoms with E-state index in [0.717, 1.165) is 6.08 Å². The van der Waals surface area contributed by atoms with E-state index in [1.807, 2.05) is 0 Å². The minimum absolute atomic E-state index is 0.386. The summed E-state index contributed by atoms with van der Waals surface area (Å²) in [5, 5.41) is 8.62. The Morgan fingerprint density at radius 2 is 2.33 bits per heavy atom. The molecular formula is C14H14O4. The van der Waals surface area contributed by atoms with E-state index in [1.54, 1.807) is 25.3 Å². The fourth-order valence-electron chi connectivity index (χ4n) is 1.30. The van der Waals surface area contributed by atoms with Gasteiger partial charge in [0.2, 0.25) is 0 Å². The topological polar surface area (TPSA) is 55.8 Å². The van der Waals surface area contributed by atoms with Crippen molar-refractivity contribution in [2.45, 2.75) is 6.42 Å². The minimum Gasteiger partial charge on any atom is -0.497 e. The zero-order valence-electron chi connectivity index (χ0n) is 10.1. The number of benzene rings is 1. The molecule has 0 saturated heterocycles. The van der Waals surface area contributed by atoms with Gasteiger partial charge in [-0.05, 0) is 24.3 Å². The van der Waals surface area contributed by atoms with E-state index in [0.29, 0.717) is 30.1 Å². The van der Waals surface area contributed by atoms with E-state index in [4.69, 9.17) is 21.0 Å². The van der Waals surface area contributed by atoms with E-state index in [9.17, 15) is 4.79 Å². The smallest absolute Gasteiger partial charge is 0.328 e. The molecule has 1 aromatic rings. The van der Waals surface area contributed by atoms with Crippen LogP contribution in [0.5, 0.6) is 11.5 Å². The maximum atomic E-state index is 10.5. The molecule has 0 fully saturated rings. The normalized spacial score (nSPS) is 10.0. The lowest BCUT2D eigenvalue weighted by Gasteiger charge is -2.09. The number of carboxylic acid groups (broad SMARTS) is 1. The van der Waals surface area contributed by atoms with Gasteiger partial charge in [-0.1, -0.05) is 0 Å². The predicted octanol–water partition coefficient (Wildman–Crippen LogP) is 2.20. The zero-order chi connectivity index (χ0) is 13.4. The van der Waals surface area contributed by atoms with Crippen molar-refractivity contribution in [3.8, 4) is 23.8 Å². The van der Waals surface area contributed by atoms with E-state index >= 15 is 0 Å². The Morgan fingerprint density at radius 1 is 1.56 bits per heavy atom. The van der Waals surface area contributed by atoms with Crippen LogP contribution in [0.2, 0.25) is 0 Å². The first-order valence-corrected chi connectivity index (χ1v) is 5.32. The van der Waals surface area contributed by atoms with Crippen molar-refractivity contribution in [3.63, 3.8) is 0 Å². The van der Waals surface area contributed by atoms with Gasteiger partial charge in [0.1, 0.15) is 11.5 Å². The van der Waals surface area contributed by atoms with Gasteiger partial charge in [0.05, 0.1) is 13.7 Å². The summed E-state index contributed by atoms with van der Waals surface area (Å²) in [5.74, 6) is 2.65. The number of hydrogen-bond acceptors (Lipinski definition) is 3. The molecule has 4 nitrogen and oxygen atoms in total. The average molecular weight is 246 g/mol. The van der Waals surface area contributed by atoms with Crippen LogP contribution < -0.4 is 9.47 Å². The number of hydrogen-bond donors (Lipinski definition) is 1. The minimum atomic E-state index is -1.02. The summed E-state index contributed by atoms with van der Waals surface area (Å²) in [6, 6.07) is 5.16. The van der Waals surface area contributed by atoms with Crippen LogP contribution in [0.4, 0.5) is 0 Å². The number of terminal acetylenes is 1. The summed E-state index contributed by atoms with van der Waals surface area (Å²) in [6.45, 7) is 0.386. The van der Waals surface area contributed by atoms with Gasteiger partial charge in [0.25, 0.3) is 0 Å². The quantitative estimate of drug-likeness (QED) is 0.475. The van der Waals surface area contributed by atoms with Crippen LogP contribution in [-0.4, -0.2) is 24.8 Å². The predicted molar refractivity (Wildman–Crippen MR) is 68.6 cm³/mol. The molecule has 1 rings (SSSR count). The Labute approximate surface area is 106 Å². The SMILES string of the molecule is C#CCCOc1ccc(OC)cc1/C=C/C(=O)O. The lowest BCUT2D eigenvalue weighted by Crippen LogP contribution is -1.98. The molecule has 0 aliphatic rings. The monoisotopic (exact) mass is 246 g/mol. The molecular weight excluding hydrogens is 232 g/mol. The molecule has 0 atom stereocenters. The number of rotatable bonds is 6. The van der Waals surface area contributed by atoms with Crippen LogP contribution in [0.3, 0.4) is 0 Å². The van der Waals surface area contributed by atoms with Crippen LogP contribution in [0.15, 0.2) is 24.3 Å². The molecule has 0 amide bonds. The van der Waals surface area contributed by atoms with Crippen LogP contribution in [0, 0.1) is 12.3 Å². The van der Waals surface area contributed by atoms with Crippen molar-refractivity contribution in [1.82, 2.24) is 0 Å². The summed E-state index contributed by atoms with van der Waals surface area (Å²) in [7, 11) is 1.54. The molecule has 0 aliphatic heterocycles. The van der Waals surface area contributed by atoms with Gasteiger partial charge in [-0.2, -0.15) is 0 Å². The number of carbonyl (C=O) groups is 1. The molecule has 0 heterocycles. The molecule has 0 spiro atoms. The number of methoxy groups -OCH3 is 1. The zero-order valence-corrected chi connectivity index (χ0v) is 10.1. The van der Waals surface area contributed by atoms with Crippen molar-refractivity contribution in [2.24, 2.45) is 0 Å². The van der Waals surface area contributed by atoms with Gasteiger partial charge in [-0.25, -0.2) is 4.79 Å². The summed E-state index contributed by atoms with van der Waals surface area (Å²) in [6.07, 6.45) is 8.13. The third-order valence-electron chi connectivity index (χ3n) is 2.13. The Bertz CT molecular complexity index is 483. The largest absolute Gasteiger partial charge is 0.497 e. The number of ether oxygens (including phenoxy) is 2. The second-order valence-corrected chi connectivity index (χ2v) is 3.38. The Kier molecular flexibility index (Phi) is 5.33. The average Bonchev–Trinajstić information content (AvgIpc) is 2.37. The Morgan fingerprint density at radius 3 is 2.94 bits per heavy atom. The molecule has 1 aromatic carbocycles. The van der Waals surface area contributed by atoms with Gasteiger partial charge in [-0.15, -0.1) is 12.3 Å². The van der Waals surface area contributed by atoms with Crippen molar-refractivity contribution in [2.75, 3.05) is 13.7 Å². The summed E-state index contributed by atoms with van der Waals surface area (Å²) in [4.78, 5) is 10.5. The maximum Gasteiger partial charge on any atom is 0.328 e. The third kappa shape index (κ3) is 4.22. The van der Waals surface area contributed by atoms with Crippen molar-refractivity contribution >= 4 is 12.0 Å². The van der Waals surface area contributed by atoms with Crippen LogP contribution >= 0.6 is 0 Å². The van der Waals surface area contributed by atoms with Crippen molar-refractivity contribution in [1.29, 1.82) is 0 Å². The molecule has 0 radical (unpaired) electrons. The molecule has 1 N–H and O–H groups in total. The summed E-state index contributed by atoms with van der Waals surface area (Å²) < 4.78 is 10.5. The first-order chi connectivity index (χ1) is 8.67. The Hall–Kier alpha value is -2.41. The fourth-order valence-corrected chi connectivity index (χ4v) is 1.30. The number of carboxylic acids is 1. The first kappa shape index (κ1) is 13.7. The molecule has 0 saturated carbocycles. The molecule has 94 valence electrons. The van der Waals surface area contributed by atoms with Gasteiger partial charge in [-0.3, -0.25) is 0 Å². The molecule has 0 aliphatic carbocycles. The highest BCUT2D eigenvalue weighted by Gasteiger charge is 2.03. The fraction of sp³-hybridized carbons (Fsp3) is 0.214. The van der Waals surface area contributed by atoms with Gasteiger partial charge in [0, 0.05) is 18.1 Å². The van der Waals surface area contributed by atoms with Gasteiger partial charge < -0.3 is 14.6 Å². The van der Waals surface area contributed by atoms with Crippen LogP contribution in [-0.2, 0) is 4.79 Å². The van der Waals surface area contributed by atoms with E-state index in [2.05, 4.69) is 5.92 Å². The van der Waals surface area contributed by atoms with Crippen LogP contribution in [0.1, 0.15) is 12.0 Å². The van der Waals surface area contributed by atoms with Crippen LogP contribution in [0.25, 0.3) is 6.08 Å². The van der Waals surface area contributed by atoms with Crippen molar-refractivity contribution < 1.29 is 19.4 Å².